The largest absolute Gasteiger partial charge is 0.323 e. The fourth-order valence-corrected chi connectivity index (χ4v) is 2.71. The van der Waals surface area contributed by atoms with E-state index < -0.39 is 0 Å². The second-order valence-electron chi connectivity index (χ2n) is 4.01. The summed E-state index contributed by atoms with van der Waals surface area (Å²) in [5.74, 6) is 0. The zero-order valence-electron chi connectivity index (χ0n) is 10.4. The lowest BCUT2D eigenvalue weighted by atomic mass is 10.1. The second kappa shape index (κ2) is 5.77. The lowest BCUT2D eigenvalue weighted by molar-refractivity contribution is 0.588. The molecule has 2 rings (SSSR count). The van der Waals surface area contributed by atoms with Crippen LogP contribution in [0.5, 0.6) is 0 Å². The number of nitrogens with zero attached hydrogens (tertiary/aromatic N) is 4. The first kappa shape index (κ1) is 13.5. The third-order valence-corrected chi connectivity index (χ3v) is 4.08. The fraction of sp³-hybridized carbons (Fsp3) is 0.545. The molecule has 0 aliphatic carbocycles. The molecule has 2 aromatic heterocycles. The third-order valence-electron chi connectivity index (χ3n) is 2.85. The average molecular weight is 286 g/mol. The first-order valence-electron chi connectivity index (χ1n) is 5.94. The van der Waals surface area contributed by atoms with Crippen molar-refractivity contribution in [2.75, 3.05) is 0 Å². The SMILES string of the molecule is CCc1nn(CC)c(CC(N)c2cnns2)c1Cl. The minimum Gasteiger partial charge on any atom is -0.323 e. The highest BCUT2D eigenvalue weighted by molar-refractivity contribution is 7.05. The second-order valence-corrected chi connectivity index (χ2v) is 5.20. The maximum atomic E-state index is 6.35. The number of aromatic nitrogens is 4. The summed E-state index contributed by atoms with van der Waals surface area (Å²) in [6.07, 6.45) is 3.19. The van der Waals surface area contributed by atoms with Crippen LogP contribution in [-0.4, -0.2) is 19.4 Å². The quantitative estimate of drug-likeness (QED) is 0.914. The van der Waals surface area contributed by atoms with E-state index in [1.165, 1.54) is 11.5 Å². The average Bonchev–Trinajstić information content (AvgIpc) is 2.99. The van der Waals surface area contributed by atoms with E-state index in [0.29, 0.717) is 6.42 Å². The summed E-state index contributed by atoms with van der Waals surface area (Å²) in [4.78, 5) is 0.966. The Balaban J connectivity index is 2.25. The van der Waals surface area contributed by atoms with Crippen LogP contribution in [0, 0.1) is 0 Å². The molecular weight excluding hydrogens is 270 g/mol. The van der Waals surface area contributed by atoms with Crippen LogP contribution in [0.2, 0.25) is 5.02 Å². The Bertz CT molecular complexity index is 508. The monoisotopic (exact) mass is 285 g/mol. The Morgan fingerprint density at radius 3 is 2.83 bits per heavy atom. The Hall–Kier alpha value is -0.980. The van der Waals surface area contributed by atoms with Gasteiger partial charge in [0, 0.05) is 19.0 Å². The van der Waals surface area contributed by atoms with Crippen LogP contribution in [0.4, 0.5) is 0 Å². The van der Waals surface area contributed by atoms with Crippen LogP contribution in [0.3, 0.4) is 0 Å². The van der Waals surface area contributed by atoms with E-state index in [2.05, 4.69) is 14.7 Å². The molecule has 2 heterocycles. The van der Waals surface area contributed by atoms with Crippen molar-refractivity contribution >= 4 is 23.1 Å². The van der Waals surface area contributed by atoms with Gasteiger partial charge in [-0.2, -0.15) is 5.10 Å². The first-order valence-corrected chi connectivity index (χ1v) is 7.09. The van der Waals surface area contributed by atoms with E-state index in [9.17, 15) is 0 Å². The predicted molar refractivity (Wildman–Crippen MR) is 72.8 cm³/mol. The summed E-state index contributed by atoms with van der Waals surface area (Å²) in [6.45, 7) is 4.89. The summed E-state index contributed by atoms with van der Waals surface area (Å²) in [6, 6.07) is -0.130. The van der Waals surface area contributed by atoms with Crippen LogP contribution in [-0.2, 0) is 19.4 Å². The number of halogens is 1. The van der Waals surface area contributed by atoms with Gasteiger partial charge < -0.3 is 5.73 Å². The van der Waals surface area contributed by atoms with Crippen molar-refractivity contribution in [3.8, 4) is 0 Å². The molecule has 0 radical (unpaired) electrons. The van der Waals surface area contributed by atoms with Gasteiger partial charge in [0.15, 0.2) is 0 Å². The fourth-order valence-electron chi connectivity index (χ4n) is 1.86. The Morgan fingerprint density at radius 2 is 2.28 bits per heavy atom. The van der Waals surface area contributed by atoms with Crippen molar-refractivity contribution in [1.82, 2.24) is 19.4 Å². The zero-order valence-corrected chi connectivity index (χ0v) is 12.0. The van der Waals surface area contributed by atoms with E-state index in [4.69, 9.17) is 17.3 Å². The van der Waals surface area contributed by atoms with Crippen LogP contribution in [0.25, 0.3) is 0 Å². The highest BCUT2D eigenvalue weighted by Gasteiger charge is 2.18. The normalized spacial score (nSPS) is 12.9. The summed E-state index contributed by atoms with van der Waals surface area (Å²) in [5, 5.41) is 9.03. The maximum absolute atomic E-state index is 6.35. The molecule has 98 valence electrons. The summed E-state index contributed by atoms with van der Waals surface area (Å²) in [7, 11) is 0. The van der Waals surface area contributed by atoms with Gasteiger partial charge in [-0.25, -0.2) is 0 Å². The summed E-state index contributed by atoms with van der Waals surface area (Å²) >= 11 is 7.67. The highest BCUT2D eigenvalue weighted by atomic mass is 35.5. The van der Waals surface area contributed by atoms with Crippen molar-refractivity contribution < 1.29 is 0 Å². The number of nitrogens with two attached hydrogens (primary N) is 1. The number of hydrogen-bond donors (Lipinski definition) is 1. The Morgan fingerprint density at radius 1 is 1.50 bits per heavy atom. The van der Waals surface area contributed by atoms with Gasteiger partial charge in [0.05, 0.1) is 27.5 Å². The molecule has 7 heteroatoms. The molecule has 0 aliphatic heterocycles. The molecule has 0 aromatic carbocycles. The van der Waals surface area contributed by atoms with Gasteiger partial charge >= 0.3 is 0 Å². The molecule has 0 aliphatic rings. The molecule has 0 saturated carbocycles. The molecule has 2 aromatic rings. The Kier molecular flexibility index (Phi) is 4.31. The molecule has 0 saturated heterocycles. The maximum Gasteiger partial charge on any atom is 0.0850 e. The van der Waals surface area contributed by atoms with Gasteiger partial charge in [0.25, 0.3) is 0 Å². The van der Waals surface area contributed by atoms with Crippen LogP contribution in [0.15, 0.2) is 6.20 Å². The zero-order chi connectivity index (χ0) is 13.1. The molecule has 0 amide bonds. The summed E-state index contributed by atoms with van der Waals surface area (Å²) in [5.41, 5.74) is 8.08. The molecule has 2 N–H and O–H groups in total. The number of rotatable bonds is 5. The van der Waals surface area contributed by atoms with Crippen molar-refractivity contribution in [3.63, 3.8) is 0 Å². The number of hydrogen-bond acceptors (Lipinski definition) is 5. The van der Waals surface area contributed by atoms with Gasteiger partial charge in [0.2, 0.25) is 0 Å². The van der Waals surface area contributed by atoms with E-state index in [-0.39, 0.29) is 6.04 Å². The Labute approximate surface area is 115 Å². The minimum atomic E-state index is -0.130. The van der Waals surface area contributed by atoms with Gasteiger partial charge in [-0.3, -0.25) is 4.68 Å². The molecule has 0 bridgehead atoms. The van der Waals surface area contributed by atoms with Crippen LogP contribution >= 0.6 is 23.1 Å². The van der Waals surface area contributed by atoms with Crippen molar-refractivity contribution in [3.05, 3.63) is 27.5 Å². The van der Waals surface area contributed by atoms with E-state index in [1.807, 2.05) is 18.5 Å². The van der Waals surface area contributed by atoms with Gasteiger partial charge in [-0.1, -0.05) is 23.0 Å². The first-order chi connectivity index (χ1) is 8.67. The molecule has 0 fully saturated rings. The van der Waals surface area contributed by atoms with Crippen molar-refractivity contribution in [2.45, 2.75) is 39.3 Å². The van der Waals surface area contributed by atoms with Crippen molar-refractivity contribution in [1.29, 1.82) is 0 Å². The lowest BCUT2D eigenvalue weighted by Crippen LogP contribution is -2.15. The molecular formula is C11H16ClN5S. The van der Waals surface area contributed by atoms with Gasteiger partial charge in [-0.15, -0.1) is 5.10 Å². The van der Waals surface area contributed by atoms with Crippen molar-refractivity contribution in [2.24, 2.45) is 5.73 Å². The molecule has 18 heavy (non-hydrogen) atoms. The lowest BCUT2D eigenvalue weighted by Gasteiger charge is -2.10. The molecule has 1 atom stereocenters. The molecule has 0 spiro atoms. The third kappa shape index (κ3) is 2.55. The number of aryl methyl sites for hydroxylation is 2. The highest BCUT2D eigenvalue weighted by Crippen LogP contribution is 2.26. The topological polar surface area (TPSA) is 69.6 Å². The van der Waals surface area contributed by atoms with Gasteiger partial charge in [0.1, 0.15) is 0 Å². The van der Waals surface area contributed by atoms with Gasteiger partial charge in [-0.05, 0) is 24.9 Å². The molecule has 1 unspecified atom stereocenters. The van der Waals surface area contributed by atoms with Crippen LogP contribution in [0.1, 0.15) is 36.2 Å². The predicted octanol–water partition coefficient (Wildman–Crippen LogP) is 2.21. The smallest absolute Gasteiger partial charge is 0.0850 e. The van der Waals surface area contributed by atoms with E-state index in [0.717, 1.165) is 34.3 Å². The van der Waals surface area contributed by atoms with E-state index >= 15 is 0 Å². The minimum absolute atomic E-state index is 0.130. The van der Waals surface area contributed by atoms with E-state index in [1.54, 1.807) is 6.20 Å². The van der Waals surface area contributed by atoms with Crippen LogP contribution < -0.4 is 5.73 Å². The summed E-state index contributed by atoms with van der Waals surface area (Å²) < 4.78 is 5.75. The molecule has 5 nitrogen and oxygen atoms in total. The standard InChI is InChI=1S/C11H16ClN5S/c1-3-8-11(12)9(17(4-2)15-8)5-7(13)10-6-14-16-18-10/h6-7H,3-5,13H2,1-2H3.